The minimum absolute atomic E-state index is 0.339. The van der Waals surface area contributed by atoms with Gasteiger partial charge in [0.15, 0.2) is 0 Å². The van der Waals surface area contributed by atoms with Crippen molar-refractivity contribution < 1.29 is 0 Å². The highest BCUT2D eigenvalue weighted by Crippen LogP contribution is 2.26. The average molecular weight is 262 g/mol. The SMILES string of the molecule is NC1CCCCC1CNc1ncnc2sccc12. The van der Waals surface area contributed by atoms with Crippen LogP contribution < -0.4 is 11.1 Å². The molecule has 0 amide bonds. The molecular formula is C13H18N4S. The van der Waals surface area contributed by atoms with E-state index in [1.165, 1.54) is 19.3 Å². The Bertz CT molecular complexity index is 524. The zero-order valence-corrected chi connectivity index (χ0v) is 11.1. The number of rotatable bonds is 3. The minimum atomic E-state index is 0.339. The van der Waals surface area contributed by atoms with Crippen molar-refractivity contribution in [1.82, 2.24) is 9.97 Å². The van der Waals surface area contributed by atoms with E-state index in [1.54, 1.807) is 17.7 Å². The van der Waals surface area contributed by atoms with Crippen LogP contribution in [0.1, 0.15) is 25.7 Å². The minimum Gasteiger partial charge on any atom is -0.369 e. The van der Waals surface area contributed by atoms with Gasteiger partial charge in [-0.25, -0.2) is 9.97 Å². The van der Waals surface area contributed by atoms with Crippen molar-refractivity contribution in [3.8, 4) is 0 Å². The average Bonchev–Trinajstić information content (AvgIpc) is 2.86. The molecule has 96 valence electrons. The predicted octanol–water partition coefficient (Wildman–Crippen LogP) is 2.62. The summed E-state index contributed by atoms with van der Waals surface area (Å²) in [5, 5.41) is 6.62. The van der Waals surface area contributed by atoms with Crippen molar-refractivity contribution in [1.29, 1.82) is 0 Å². The Morgan fingerprint density at radius 3 is 3.11 bits per heavy atom. The first kappa shape index (κ1) is 11.9. The lowest BCUT2D eigenvalue weighted by Gasteiger charge is -2.28. The summed E-state index contributed by atoms with van der Waals surface area (Å²) in [4.78, 5) is 9.63. The summed E-state index contributed by atoms with van der Waals surface area (Å²) in [5.74, 6) is 1.52. The Morgan fingerprint density at radius 1 is 1.33 bits per heavy atom. The number of hydrogen-bond donors (Lipinski definition) is 2. The van der Waals surface area contributed by atoms with E-state index < -0.39 is 0 Å². The number of anilines is 1. The van der Waals surface area contributed by atoms with Crippen LogP contribution in [-0.2, 0) is 0 Å². The molecule has 1 aliphatic carbocycles. The topological polar surface area (TPSA) is 63.8 Å². The first-order valence-electron chi connectivity index (χ1n) is 6.52. The molecule has 18 heavy (non-hydrogen) atoms. The molecule has 2 heterocycles. The van der Waals surface area contributed by atoms with Gasteiger partial charge in [-0.05, 0) is 30.2 Å². The van der Waals surface area contributed by atoms with Gasteiger partial charge >= 0.3 is 0 Å². The summed E-state index contributed by atoms with van der Waals surface area (Å²) < 4.78 is 0. The van der Waals surface area contributed by atoms with Gasteiger partial charge in [0.25, 0.3) is 0 Å². The van der Waals surface area contributed by atoms with E-state index in [9.17, 15) is 0 Å². The van der Waals surface area contributed by atoms with E-state index in [4.69, 9.17) is 5.73 Å². The highest BCUT2D eigenvalue weighted by atomic mass is 32.1. The van der Waals surface area contributed by atoms with Gasteiger partial charge in [-0.3, -0.25) is 0 Å². The fraction of sp³-hybridized carbons (Fsp3) is 0.538. The molecule has 2 aromatic rings. The molecular weight excluding hydrogens is 244 g/mol. The number of nitrogens with two attached hydrogens (primary N) is 1. The normalized spacial score (nSPS) is 24.3. The maximum atomic E-state index is 6.17. The van der Waals surface area contributed by atoms with Gasteiger partial charge in [-0.2, -0.15) is 0 Å². The Labute approximate surface area is 111 Å². The molecule has 3 rings (SSSR count). The van der Waals surface area contributed by atoms with Gasteiger partial charge in [0.2, 0.25) is 0 Å². The van der Waals surface area contributed by atoms with Crippen LogP contribution in [0.4, 0.5) is 5.82 Å². The van der Waals surface area contributed by atoms with Crippen molar-refractivity contribution in [2.75, 3.05) is 11.9 Å². The quantitative estimate of drug-likeness (QED) is 0.892. The third-order valence-electron chi connectivity index (χ3n) is 3.76. The highest BCUT2D eigenvalue weighted by molar-refractivity contribution is 7.16. The summed E-state index contributed by atoms with van der Waals surface area (Å²) in [6.07, 6.45) is 6.59. The molecule has 1 saturated carbocycles. The Morgan fingerprint density at radius 2 is 2.22 bits per heavy atom. The fourth-order valence-electron chi connectivity index (χ4n) is 2.65. The van der Waals surface area contributed by atoms with Gasteiger partial charge in [0.05, 0.1) is 5.39 Å². The highest BCUT2D eigenvalue weighted by Gasteiger charge is 2.21. The van der Waals surface area contributed by atoms with Crippen LogP contribution in [0, 0.1) is 5.92 Å². The summed E-state index contributed by atoms with van der Waals surface area (Å²) in [6.45, 7) is 0.920. The summed E-state index contributed by atoms with van der Waals surface area (Å²) in [6, 6.07) is 2.41. The van der Waals surface area contributed by atoms with Crippen LogP contribution in [0.15, 0.2) is 17.8 Å². The van der Waals surface area contributed by atoms with Crippen LogP contribution in [0.2, 0.25) is 0 Å². The zero-order valence-electron chi connectivity index (χ0n) is 10.3. The molecule has 0 aliphatic heterocycles. The molecule has 0 aromatic carbocycles. The molecule has 5 heteroatoms. The molecule has 2 aromatic heterocycles. The van der Waals surface area contributed by atoms with Gasteiger partial charge in [-0.15, -0.1) is 11.3 Å². The van der Waals surface area contributed by atoms with Crippen molar-refractivity contribution in [2.45, 2.75) is 31.7 Å². The lowest BCUT2D eigenvalue weighted by Crippen LogP contribution is -2.37. The van der Waals surface area contributed by atoms with Crippen LogP contribution in [0.3, 0.4) is 0 Å². The second kappa shape index (κ2) is 5.20. The molecule has 0 radical (unpaired) electrons. The first-order valence-corrected chi connectivity index (χ1v) is 7.40. The molecule has 1 aliphatic rings. The van der Waals surface area contributed by atoms with Crippen molar-refractivity contribution >= 4 is 27.4 Å². The molecule has 4 nitrogen and oxygen atoms in total. The van der Waals surface area contributed by atoms with Crippen LogP contribution in [-0.4, -0.2) is 22.6 Å². The third-order valence-corrected chi connectivity index (χ3v) is 4.58. The zero-order chi connectivity index (χ0) is 12.4. The van der Waals surface area contributed by atoms with Crippen LogP contribution >= 0.6 is 11.3 Å². The Hall–Kier alpha value is -1.20. The number of nitrogens with zero attached hydrogens (tertiary/aromatic N) is 2. The second-order valence-corrected chi connectivity index (χ2v) is 5.85. The van der Waals surface area contributed by atoms with E-state index in [0.29, 0.717) is 12.0 Å². The number of fused-ring (bicyclic) bond motifs is 1. The van der Waals surface area contributed by atoms with Crippen molar-refractivity contribution in [3.05, 3.63) is 17.8 Å². The van der Waals surface area contributed by atoms with E-state index in [-0.39, 0.29) is 0 Å². The number of thiophene rings is 1. The van der Waals surface area contributed by atoms with E-state index in [1.807, 2.05) is 0 Å². The third kappa shape index (κ3) is 2.33. The standard InChI is InChI=1S/C13H18N4S/c14-11-4-2-1-3-9(11)7-15-12-10-5-6-18-13(10)17-8-16-12/h5-6,8-9,11H,1-4,7,14H2,(H,15,16,17). The number of hydrogen-bond acceptors (Lipinski definition) is 5. The molecule has 2 unspecified atom stereocenters. The van der Waals surface area contributed by atoms with Gasteiger partial charge in [0, 0.05) is 12.6 Å². The molecule has 0 spiro atoms. The van der Waals surface area contributed by atoms with E-state index >= 15 is 0 Å². The maximum Gasteiger partial charge on any atom is 0.138 e. The van der Waals surface area contributed by atoms with Crippen molar-refractivity contribution in [3.63, 3.8) is 0 Å². The summed E-state index contributed by atoms with van der Waals surface area (Å²) in [7, 11) is 0. The lowest BCUT2D eigenvalue weighted by molar-refractivity contribution is 0.321. The van der Waals surface area contributed by atoms with Crippen LogP contribution in [0.5, 0.6) is 0 Å². The van der Waals surface area contributed by atoms with Gasteiger partial charge in [-0.1, -0.05) is 12.8 Å². The number of nitrogens with one attached hydrogen (secondary N) is 1. The Balaban J connectivity index is 1.71. The fourth-order valence-corrected chi connectivity index (χ4v) is 3.38. The monoisotopic (exact) mass is 262 g/mol. The largest absolute Gasteiger partial charge is 0.369 e. The first-order chi connectivity index (χ1) is 8.84. The second-order valence-electron chi connectivity index (χ2n) is 4.95. The maximum absolute atomic E-state index is 6.17. The molecule has 0 saturated heterocycles. The summed E-state index contributed by atoms with van der Waals surface area (Å²) in [5.41, 5.74) is 6.17. The molecule has 2 atom stereocenters. The lowest BCUT2D eigenvalue weighted by atomic mass is 9.85. The predicted molar refractivity (Wildman–Crippen MR) is 75.8 cm³/mol. The summed E-state index contributed by atoms with van der Waals surface area (Å²) >= 11 is 1.65. The smallest absolute Gasteiger partial charge is 0.138 e. The van der Waals surface area contributed by atoms with E-state index in [2.05, 4.69) is 26.7 Å². The Kier molecular flexibility index (Phi) is 3.43. The molecule has 1 fully saturated rings. The number of aromatic nitrogens is 2. The van der Waals surface area contributed by atoms with Gasteiger partial charge in [0.1, 0.15) is 17.0 Å². The van der Waals surface area contributed by atoms with Crippen LogP contribution in [0.25, 0.3) is 10.2 Å². The van der Waals surface area contributed by atoms with E-state index in [0.717, 1.165) is 29.0 Å². The molecule has 0 bridgehead atoms. The van der Waals surface area contributed by atoms with Crippen molar-refractivity contribution in [2.24, 2.45) is 11.7 Å². The van der Waals surface area contributed by atoms with Gasteiger partial charge < -0.3 is 11.1 Å². The molecule has 3 N–H and O–H groups in total.